The van der Waals surface area contributed by atoms with E-state index >= 15 is 0 Å². The molecule has 1 aliphatic rings. The highest BCUT2D eigenvalue weighted by Gasteiger charge is 2.18. The van der Waals surface area contributed by atoms with Crippen LogP contribution in [0.1, 0.15) is 25.3 Å². The molecular formula is C16H21NO2. The second-order valence-electron chi connectivity index (χ2n) is 5.11. The summed E-state index contributed by atoms with van der Waals surface area (Å²) < 4.78 is 5.10. The maximum atomic E-state index is 12.0. The first-order valence-electron chi connectivity index (χ1n) is 6.80. The number of carbonyl (C=O) groups is 1. The minimum Gasteiger partial charge on any atom is -0.497 e. The van der Waals surface area contributed by atoms with Crippen LogP contribution >= 0.6 is 0 Å². The SMILES string of the molecule is COc1ccc(C=CC(=O)N2CCC(C)CC2)cc1. The van der Waals surface area contributed by atoms with Gasteiger partial charge in [0.15, 0.2) is 0 Å². The van der Waals surface area contributed by atoms with Gasteiger partial charge in [0.25, 0.3) is 0 Å². The molecule has 19 heavy (non-hydrogen) atoms. The topological polar surface area (TPSA) is 29.5 Å². The predicted molar refractivity (Wildman–Crippen MR) is 77.0 cm³/mol. The molecule has 0 saturated carbocycles. The molecule has 0 spiro atoms. The highest BCUT2D eigenvalue weighted by atomic mass is 16.5. The molecule has 1 aromatic rings. The van der Waals surface area contributed by atoms with Crippen molar-refractivity contribution in [3.05, 3.63) is 35.9 Å². The number of rotatable bonds is 3. The van der Waals surface area contributed by atoms with Crippen LogP contribution in [-0.4, -0.2) is 31.0 Å². The Bertz CT molecular complexity index is 442. The van der Waals surface area contributed by atoms with Crippen molar-refractivity contribution >= 4 is 12.0 Å². The van der Waals surface area contributed by atoms with Crippen molar-refractivity contribution in [2.75, 3.05) is 20.2 Å². The van der Waals surface area contributed by atoms with Crippen LogP contribution in [0.4, 0.5) is 0 Å². The number of likely N-dealkylation sites (tertiary alicyclic amines) is 1. The third-order valence-corrected chi connectivity index (χ3v) is 3.63. The normalized spacial score (nSPS) is 16.8. The van der Waals surface area contributed by atoms with Gasteiger partial charge in [-0.15, -0.1) is 0 Å². The van der Waals surface area contributed by atoms with Gasteiger partial charge in [-0.1, -0.05) is 19.1 Å². The van der Waals surface area contributed by atoms with Crippen molar-refractivity contribution in [2.24, 2.45) is 5.92 Å². The molecule has 0 aliphatic carbocycles. The molecule has 1 aliphatic heterocycles. The zero-order chi connectivity index (χ0) is 13.7. The van der Waals surface area contributed by atoms with E-state index < -0.39 is 0 Å². The predicted octanol–water partition coefficient (Wildman–Crippen LogP) is 2.97. The Hall–Kier alpha value is -1.77. The number of ether oxygens (including phenoxy) is 1. The van der Waals surface area contributed by atoms with Gasteiger partial charge in [0.05, 0.1) is 7.11 Å². The zero-order valence-electron chi connectivity index (χ0n) is 11.6. The number of hydrogen-bond donors (Lipinski definition) is 0. The van der Waals surface area contributed by atoms with E-state index in [1.807, 2.05) is 35.2 Å². The molecule has 3 nitrogen and oxygen atoms in total. The van der Waals surface area contributed by atoms with E-state index in [2.05, 4.69) is 6.92 Å². The zero-order valence-corrected chi connectivity index (χ0v) is 11.6. The smallest absolute Gasteiger partial charge is 0.246 e. The summed E-state index contributed by atoms with van der Waals surface area (Å²) in [6.45, 7) is 4.01. The van der Waals surface area contributed by atoms with Gasteiger partial charge in [-0.25, -0.2) is 0 Å². The molecule has 1 aromatic carbocycles. The molecule has 1 saturated heterocycles. The molecule has 0 atom stereocenters. The van der Waals surface area contributed by atoms with Gasteiger partial charge in [0.2, 0.25) is 5.91 Å². The van der Waals surface area contributed by atoms with E-state index in [4.69, 9.17) is 4.74 Å². The summed E-state index contributed by atoms with van der Waals surface area (Å²) in [6.07, 6.45) is 5.75. The monoisotopic (exact) mass is 259 g/mol. The molecule has 1 fully saturated rings. The second-order valence-corrected chi connectivity index (χ2v) is 5.11. The number of piperidine rings is 1. The maximum absolute atomic E-state index is 12.0. The number of methoxy groups -OCH3 is 1. The molecule has 3 heteroatoms. The van der Waals surface area contributed by atoms with Crippen molar-refractivity contribution in [1.82, 2.24) is 4.90 Å². The van der Waals surface area contributed by atoms with Crippen LogP contribution in [0.2, 0.25) is 0 Å². The molecule has 0 bridgehead atoms. The molecule has 0 aromatic heterocycles. The highest BCUT2D eigenvalue weighted by molar-refractivity contribution is 5.91. The van der Waals surface area contributed by atoms with Gasteiger partial charge in [-0.2, -0.15) is 0 Å². The Balaban J connectivity index is 1.92. The van der Waals surface area contributed by atoms with E-state index in [9.17, 15) is 4.79 Å². The lowest BCUT2D eigenvalue weighted by Gasteiger charge is -2.29. The first-order chi connectivity index (χ1) is 9.19. The molecule has 2 rings (SSSR count). The van der Waals surface area contributed by atoms with Gasteiger partial charge in [0, 0.05) is 19.2 Å². The Morgan fingerprint density at radius 3 is 2.47 bits per heavy atom. The van der Waals surface area contributed by atoms with Crippen LogP contribution in [-0.2, 0) is 4.79 Å². The van der Waals surface area contributed by atoms with Crippen LogP contribution in [0.3, 0.4) is 0 Å². The summed E-state index contributed by atoms with van der Waals surface area (Å²) in [6, 6.07) is 7.68. The fourth-order valence-electron chi connectivity index (χ4n) is 2.22. The van der Waals surface area contributed by atoms with Gasteiger partial charge in [-0.3, -0.25) is 4.79 Å². The molecule has 0 radical (unpaired) electrons. The van der Waals surface area contributed by atoms with E-state index in [-0.39, 0.29) is 5.91 Å². The highest BCUT2D eigenvalue weighted by Crippen LogP contribution is 2.17. The van der Waals surface area contributed by atoms with E-state index in [0.717, 1.165) is 43.2 Å². The summed E-state index contributed by atoms with van der Waals surface area (Å²) in [5, 5.41) is 0. The van der Waals surface area contributed by atoms with Crippen molar-refractivity contribution < 1.29 is 9.53 Å². The first kappa shape index (κ1) is 13.7. The van der Waals surface area contributed by atoms with Gasteiger partial charge >= 0.3 is 0 Å². The van der Waals surface area contributed by atoms with Gasteiger partial charge in [-0.05, 0) is 42.5 Å². The Labute approximate surface area is 114 Å². The summed E-state index contributed by atoms with van der Waals surface area (Å²) in [5.41, 5.74) is 1.01. The molecule has 0 N–H and O–H groups in total. The van der Waals surface area contributed by atoms with Crippen molar-refractivity contribution in [1.29, 1.82) is 0 Å². The lowest BCUT2D eigenvalue weighted by Crippen LogP contribution is -2.36. The van der Waals surface area contributed by atoms with Crippen LogP contribution in [0, 0.1) is 5.92 Å². The first-order valence-corrected chi connectivity index (χ1v) is 6.80. The van der Waals surface area contributed by atoms with Crippen LogP contribution < -0.4 is 4.74 Å². The minimum absolute atomic E-state index is 0.114. The third-order valence-electron chi connectivity index (χ3n) is 3.63. The average molecular weight is 259 g/mol. The summed E-state index contributed by atoms with van der Waals surface area (Å²) in [4.78, 5) is 13.9. The fraction of sp³-hybridized carbons (Fsp3) is 0.438. The Kier molecular flexibility index (Phi) is 4.61. The largest absolute Gasteiger partial charge is 0.497 e. The lowest BCUT2D eigenvalue weighted by atomic mass is 9.99. The number of carbonyl (C=O) groups excluding carboxylic acids is 1. The molecule has 0 unspecified atom stereocenters. The summed E-state index contributed by atoms with van der Waals surface area (Å²) >= 11 is 0. The standard InChI is InChI=1S/C16H21NO2/c1-13-9-11-17(12-10-13)16(18)8-5-14-3-6-15(19-2)7-4-14/h3-8,13H,9-12H2,1-2H3. The molecule has 1 amide bonds. The molecular weight excluding hydrogens is 238 g/mol. The van der Waals surface area contributed by atoms with Crippen molar-refractivity contribution in [3.63, 3.8) is 0 Å². The lowest BCUT2D eigenvalue weighted by molar-refractivity contribution is -0.127. The average Bonchev–Trinajstić information content (AvgIpc) is 2.46. The Morgan fingerprint density at radius 1 is 1.26 bits per heavy atom. The summed E-state index contributed by atoms with van der Waals surface area (Å²) in [5.74, 6) is 1.69. The van der Waals surface area contributed by atoms with E-state index in [0.29, 0.717) is 0 Å². The van der Waals surface area contributed by atoms with Gasteiger partial charge < -0.3 is 9.64 Å². The number of benzene rings is 1. The van der Waals surface area contributed by atoms with Crippen LogP contribution in [0.15, 0.2) is 30.3 Å². The van der Waals surface area contributed by atoms with E-state index in [1.54, 1.807) is 13.2 Å². The second kappa shape index (κ2) is 6.41. The maximum Gasteiger partial charge on any atom is 0.246 e. The fourth-order valence-corrected chi connectivity index (χ4v) is 2.22. The van der Waals surface area contributed by atoms with Gasteiger partial charge in [0.1, 0.15) is 5.75 Å². The number of amides is 1. The van der Waals surface area contributed by atoms with E-state index in [1.165, 1.54) is 0 Å². The quantitative estimate of drug-likeness (QED) is 0.781. The molecule has 102 valence electrons. The van der Waals surface area contributed by atoms with Crippen molar-refractivity contribution in [3.8, 4) is 5.75 Å². The minimum atomic E-state index is 0.114. The Morgan fingerprint density at radius 2 is 1.89 bits per heavy atom. The molecule has 1 heterocycles. The number of hydrogen-bond acceptors (Lipinski definition) is 2. The third kappa shape index (κ3) is 3.85. The summed E-state index contributed by atoms with van der Waals surface area (Å²) in [7, 11) is 1.64. The van der Waals surface area contributed by atoms with Crippen LogP contribution in [0.5, 0.6) is 5.75 Å². The number of nitrogens with zero attached hydrogens (tertiary/aromatic N) is 1. The van der Waals surface area contributed by atoms with Crippen LogP contribution in [0.25, 0.3) is 6.08 Å². The van der Waals surface area contributed by atoms with Crippen molar-refractivity contribution in [2.45, 2.75) is 19.8 Å².